The minimum Gasteiger partial charge on any atom is -0.394 e. The third-order valence-corrected chi connectivity index (χ3v) is 10.5. The standard InChI is InChI=1S/C42H56F4N6O12/c1-25(11-7-13-27(3)15-17-33(55)63-49-31-19-21-51(39(59)47-31)37-41(43,44)35(57)29(23-53)61-37)9-5-6-10-26(2)12-8-14-28(4)16-18-34(56)64-50-32-20-22-52(40(60)48-32)38-42(45,46)36(58)30(24-54)62-38/h9-10,13-14,19-22,29-30,35-38,53-54,57-58H,5-8,11-12,15-18,23-24H2,1-4H3,(H,47,49,59)(H,48,50,60)/b25-9+,26-10+,27-13+,28-14+/t29-,30-,35-,36-,37-,38-/m1/s1. The number of aliphatic hydroxyl groups is 4. The third kappa shape index (κ3) is 14.1. The van der Waals surface area contributed by atoms with Crippen LogP contribution in [0.3, 0.4) is 0 Å². The Morgan fingerprint density at radius 2 is 0.984 bits per heavy atom. The van der Waals surface area contributed by atoms with Gasteiger partial charge in [0.05, 0.1) is 26.1 Å². The van der Waals surface area contributed by atoms with Crippen LogP contribution in [0.2, 0.25) is 0 Å². The normalized spacial score (nSPS) is 23.6. The van der Waals surface area contributed by atoms with E-state index in [2.05, 4.69) is 46.9 Å². The minimum absolute atomic E-state index is 0.0370. The van der Waals surface area contributed by atoms with E-state index < -0.39 is 85.2 Å². The molecule has 0 amide bonds. The Hall–Kier alpha value is -5.26. The van der Waals surface area contributed by atoms with Crippen molar-refractivity contribution in [3.05, 3.63) is 92.1 Å². The Labute approximate surface area is 365 Å². The fourth-order valence-electron chi connectivity index (χ4n) is 6.61. The number of rotatable bonds is 23. The first-order valence-electron chi connectivity index (χ1n) is 20.6. The molecule has 22 heteroatoms. The summed E-state index contributed by atoms with van der Waals surface area (Å²) in [6, 6.07) is 2.24. The van der Waals surface area contributed by atoms with Crippen LogP contribution in [0, 0.1) is 0 Å². The first kappa shape index (κ1) is 51.4. The lowest BCUT2D eigenvalue weighted by Crippen LogP contribution is -2.41. The highest BCUT2D eigenvalue weighted by atomic mass is 19.3. The molecular weight excluding hydrogens is 856 g/mol. The zero-order valence-corrected chi connectivity index (χ0v) is 35.9. The molecule has 0 aliphatic carbocycles. The van der Waals surface area contributed by atoms with Crippen LogP contribution in [-0.2, 0) is 28.7 Å². The second kappa shape index (κ2) is 23.6. The lowest BCUT2D eigenvalue weighted by atomic mass is 10.0. The first-order valence-corrected chi connectivity index (χ1v) is 20.6. The number of hydrogen-bond acceptors (Lipinski definition) is 16. The van der Waals surface area contributed by atoms with E-state index in [9.17, 15) is 47.0 Å². The fraction of sp³-hybridized carbons (Fsp3) is 0.571. The zero-order valence-electron chi connectivity index (χ0n) is 35.9. The molecule has 2 fully saturated rings. The summed E-state index contributed by atoms with van der Waals surface area (Å²) in [5.41, 5.74) is 6.60. The van der Waals surface area contributed by atoms with Crippen LogP contribution in [0.15, 0.2) is 80.7 Å². The van der Waals surface area contributed by atoms with Crippen LogP contribution in [0.1, 0.15) is 104 Å². The van der Waals surface area contributed by atoms with Gasteiger partial charge in [0.25, 0.3) is 0 Å². The van der Waals surface area contributed by atoms with Crippen LogP contribution in [0.5, 0.6) is 0 Å². The number of nitrogens with zero attached hydrogens (tertiary/aromatic N) is 4. The number of carbonyl (C=O) groups excluding carboxylic acids is 2. The van der Waals surface area contributed by atoms with Crippen molar-refractivity contribution in [1.29, 1.82) is 0 Å². The molecule has 354 valence electrons. The summed E-state index contributed by atoms with van der Waals surface area (Å²) in [7, 11) is 0. The van der Waals surface area contributed by atoms with E-state index in [0.29, 0.717) is 22.0 Å². The van der Waals surface area contributed by atoms with E-state index in [0.717, 1.165) is 74.2 Å². The molecule has 6 N–H and O–H groups in total. The highest BCUT2D eigenvalue weighted by molar-refractivity contribution is 5.71. The third-order valence-electron chi connectivity index (χ3n) is 10.5. The number of ether oxygens (including phenoxy) is 2. The Morgan fingerprint density at radius 3 is 1.31 bits per heavy atom. The number of halogens is 4. The zero-order chi connectivity index (χ0) is 47.2. The van der Waals surface area contributed by atoms with Gasteiger partial charge in [0, 0.05) is 24.5 Å². The molecule has 6 atom stereocenters. The lowest BCUT2D eigenvalue weighted by molar-refractivity contribution is -0.141. The number of carbonyl (C=O) groups is 2. The van der Waals surface area contributed by atoms with E-state index in [1.807, 2.05) is 26.0 Å². The molecule has 0 unspecified atom stereocenters. The summed E-state index contributed by atoms with van der Waals surface area (Å²) in [5, 5.41) is 37.7. The van der Waals surface area contributed by atoms with Crippen LogP contribution in [0.4, 0.5) is 29.2 Å². The van der Waals surface area contributed by atoms with Crippen LogP contribution < -0.4 is 22.3 Å². The summed E-state index contributed by atoms with van der Waals surface area (Å²) in [4.78, 5) is 66.3. The molecule has 2 aliphatic rings. The molecule has 2 saturated heterocycles. The van der Waals surface area contributed by atoms with Gasteiger partial charge >= 0.3 is 35.2 Å². The Kier molecular flexibility index (Phi) is 18.9. The number of unbranched alkanes of at least 4 members (excludes halogenated alkanes) is 1. The Morgan fingerprint density at radius 1 is 0.641 bits per heavy atom. The van der Waals surface area contributed by atoms with Gasteiger partial charge in [-0.25, -0.2) is 30.1 Å². The number of nitrogens with one attached hydrogen (secondary N) is 2. The summed E-state index contributed by atoms with van der Waals surface area (Å²) >= 11 is 0. The summed E-state index contributed by atoms with van der Waals surface area (Å²) in [6.07, 6.45) is 4.19. The SMILES string of the molecule is C/C(=C\CC/C=C(\C)CC/C=C(\C)CCC(=O)ONc1ccn([C@@H]2O[C@H](CO)[C@@H](O)C2(F)F)c(=O)n1)CC/C=C(\C)CCC(=O)ONc1ccn([C@@H]2O[C@H](CO)[C@@H](O)C2(F)F)c(=O)n1. The van der Waals surface area contributed by atoms with Crippen molar-refractivity contribution in [1.82, 2.24) is 19.1 Å². The Bertz CT molecular complexity index is 2010. The van der Waals surface area contributed by atoms with E-state index in [1.54, 1.807) is 0 Å². The topological polar surface area (TPSA) is 246 Å². The van der Waals surface area contributed by atoms with E-state index in [4.69, 9.17) is 29.4 Å². The Balaban J connectivity index is 1.06. The smallest absolute Gasteiger partial charge is 0.351 e. The fourth-order valence-corrected chi connectivity index (χ4v) is 6.61. The molecule has 0 bridgehead atoms. The van der Waals surface area contributed by atoms with Crippen LogP contribution in [-0.4, -0.2) is 101 Å². The molecule has 0 radical (unpaired) electrons. The predicted molar refractivity (Wildman–Crippen MR) is 222 cm³/mol. The molecule has 0 aromatic carbocycles. The second-order valence-electron chi connectivity index (χ2n) is 15.7. The molecule has 64 heavy (non-hydrogen) atoms. The van der Waals surface area contributed by atoms with Crippen molar-refractivity contribution < 1.29 is 66.7 Å². The maximum Gasteiger partial charge on any atom is 0.351 e. The minimum atomic E-state index is -3.86. The number of hydrogen-bond donors (Lipinski definition) is 6. The van der Waals surface area contributed by atoms with E-state index >= 15 is 0 Å². The van der Waals surface area contributed by atoms with Gasteiger partial charge in [-0.05, 0) is 79.1 Å². The van der Waals surface area contributed by atoms with Gasteiger partial charge in [-0.3, -0.25) is 9.13 Å². The van der Waals surface area contributed by atoms with Gasteiger partial charge in [0.1, 0.15) is 12.2 Å². The second-order valence-corrected chi connectivity index (χ2v) is 15.7. The van der Waals surface area contributed by atoms with E-state index in [1.165, 1.54) is 11.1 Å². The van der Waals surface area contributed by atoms with Gasteiger partial charge in [-0.15, -0.1) is 0 Å². The highest BCUT2D eigenvalue weighted by Gasteiger charge is 2.60. The van der Waals surface area contributed by atoms with Crippen molar-refractivity contribution in [3.63, 3.8) is 0 Å². The molecule has 2 aromatic heterocycles. The molecule has 0 saturated carbocycles. The largest absolute Gasteiger partial charge is 0.394 e. The summed E-state index contributed by atoms with van der Waals surface area (Å²) in [6.45, 7) is 6.18. The average molecular weight is 913 g/mol. The molecule has 2 aliphatic heterocycles. The van der Waals surface area contributed by atoms with Gasteiger partial charge in [0.15, 0.2) is 23.8 Å². The van der Waals surface area contributed by atoms with Crippen molar-refractivity contribution >= 4 is 23.6 Å². The number of aliphatic hydroxyl groups excluding tert-OH is 4. The maximum absolute atomic E-state index is 14.4. The highest BCUT2D eigenvalue weighted by Crippen LogP contribution is 2.43. The predicted octanol–water partition coefficient (Wildman–Crippen LogP) is 4.70. The maximum atomic E-state index is 14.4. The summed E-state index contributed by atoms with van der Waals surface area (Å²) < 4.78 is 68.4. The molecule has 2 aromatic rings. The molecule has 18 nitrogen and oxygen atoms in total. The van der Waals surface area contributed by atoms with Gasteiger partial charge in [0.2, 0.25) is 12.5 Å². The molecule has 4 rings (SSSR count). The number of aromatic nitrogens is 4. The van der Waals surface area contributed by atoms with Crippen molar-refractivity contribution in [2.75, 3.05) is 24.2 Å². The number of alkyl halides is 4. The van der Waals surface area contributed by atoms with Crippen molar-refractivity contribution in [2.24, 2.45) is 0 Å². The number of anilines is 2. The van der Waals surface area contributed by atoms with Gasteiger partial charge in [-0.1, -0.05) is 46.6 Å². The monoisotopic (exact) mass is 912 g/mol. The molecular formula is C42H56F4N6O12. The number of allylic oxidation sites excluding steroid dienone is 8. The van der Waals surface area contributed by atoms with Crippen LogP contribution in [0.25, 0.3) is 0 Å². The molecule has 0 spiro atoms. The van der Waals surface area contributed by atoms with Crippen molar-refractivity contribution in [3.8, 4) is 0 Å². The molecule has 4 heterocycles. The van der Waals surface area contributed by atoms with Gasteiger partial charge < -0.3 is 39.6 Å². The lowest BCUT2D eigenvalue weighted by Gasteiger charge is -2.21. The average Bonchev–Trinajstić information content (AvgIpc) is 3.62. The van der Waals surface area contributed by atoms with E-state index in [-0.39, 0.29) is 24.5 Å². The quantitative estimate of drug-likeness (QED) is 0.0383. The van der Waals surface area contributed by atoms with Gasteiger partial charge in [-0.2, -0.15) is 27.5 Å². The van der Waals surface area contributed by atoms with Crippen LogP contribution >= 0.6 is 0 Å². The summed E-state index contributed by atoms with van der Waals surface area (Å²) in [5.74, 6) is -9.37. The van der Waals surface area contributed by atoms with Crippen molar-refractivity contribution in [2.45, 2.75) is 141 Å². The first-order chi connectivity index (χ1) is 30.3.